The zero-order valence-electron chi connectivity index (χ0n) is 15.2. The topological polar surface area (TPSA) is 52.7 Å². The van der Waals surface area contributed by atoms with E-state index in [4.69, 9.17) is 0 Å². The first kappa shape index (κ1) is 16.6. The van der Waals surface area contributed by atoms with Crippen molar-refractivity contribution in [3.8, 4) is 0 Å². The van der Waals surface area contributed by atoms with Crippen LogP contribution in [0.1, 0.15) is 34.3 Å². The molecule has 134 valence electrons. The zero-order chi connectivity index (χ0) is 18.3. The van der Waals surface area contributed by atoms with Crippen molar-refractivity contribution in [3.05, 3.63) is 53.1 Å². The molecule has 2 aromatic carbocycles. The van der Waals surface area contributed by atoms with E-state index in [0.29, 0.717) is 12.0 Å². The molecule has 4 rings (SSSR count). The van der Waals surface area contributed by atoms with Gasteiger partial charge in [-0.25, -0.2) is 0 Å². The molecular formula is C21H23N3O2. The van der Waals surface area contributed by atoms with E-state index in [1.54, 1.807) is 0 Å². The smallest absolute Gasteiger partial charge is 0.255 e. The van der Waals surface area contributed by atoms with Crippen LogP contribution in [0.3, 0.4) is 0 Å². The number of amides is 2. The van der Waals surface area contributed by atoms with E-state index in [0.717, 1.165) is 54.0 Å². The largest absolute Gasteiger partial charge is 0.378 e. The number of benzene rings is 2. The number of hydrogen-bond donors (Lipinski definition) is 1. The third-order valence-electron chi connectivity index (χ3n) is 5.18. The summed E-state index contributed by atoms with van der Waals surface area (Å²) in [5.41, 5.74) is 5.84. The molecule has 2 amide bonds. The van der Waals surface area contributed by atoms with Gasteiger partial charge in [0.15, 0.2) is 0 Å². The molecule has 0 spiro atoms. The summed E-state index contributed by atoms with van der Waals surface area (Å²) in [5, 5.41) is 2.98. The standard InChI is InChI=1S/C21H23N3O2/c1-23(2)18-8-6-17(7-9-18)22-21(26)16-12-14-4-3-11-24-19(25)10-5-15(13-16)20(14)24/h6-9,12-13H,3-5,10-11H2,1-2H3,(H,22,26). The molecule has 5 heteroatoms. The first-order valence-electron chi connectivity index (χ1n) is 9.08. The molecule has 0 fully saturated rings. The summed E-state index contributed by atoms with van der Waals surface area (Å²) in [7, 11) is 3.97. The monoisotopic (exact) mass is 349 g/mol. The van der Waals surface area contributed by atoms with Crippen molar-refractivity contribution in [3.63, 3.8) is 0 Å². The van der Waals surface area contributed by atoms with Crippen LogP contribution in [0.5, 0.6) is 0 Å². The molecule has 0 unspecified atom stereocenters. The van der Waals surface area contributed by atoms with Crippen LogP contribution in [0.2, 0.25) is 0 Å². The van der Waals surface area contributed by atoms with Crippen LogP contribution in [-0.2, 0) is 17.6 Å². The normalized spacial score (nSPS) is 15.5. The number of carbonyl (C=O) groups excluding carboxylic acids is 2. The zero-order valence-corrected chi connectivity index (χ0v) is 15.2. The van der Waals surface area contributed by atoms with Gasteiger partial charge >= 0.3 is 0 Å². The van der Waals surface area contributed by atoms with Crippen LogP contribution in [0.15, 0.2) is 36.4 Å². The van der Waals surface area contributed by atoms with Crippen LogP contribution in [0, 0.1) is 0 Å². The summed E-state index contributed by atoms with van der Waals surface area (Å²) >= 11 is 0. The molecule has 2 aliphatic heterocycles. The van der Waals surface area contributed by atoms with Gasteiger partial charge in [0.2, 0.25) is 5.91 Å². The lowest BCUT2D eigenvalue weighted by atomic mass is 9.89. The van der Waals surface area contributed by atoms with Gasteiger partial charge in [0, 0.05) is 44.0 Å². The number of nitrogens with zero attached hydrogens (tertiary/aromatic N) is 2. The van der Waals surface area contributed by atoms with E-state index < -0.39 is 0 Å². The Morgan fingerprint density at radius 3 is 2.42 bits per heavy atom. The molecular weight excluding hydrogens is 326 g/mol. The number of rotatable bonds is 3. The van der Waals surface area contributed by atoms with E-state index in [-0.39, 0.29) is 11.8 Å². The summed E-state index contributed by atoms with van der Waals surface area (Å²) in [4.78, 5) is 28.8. The Labute approximate surface area is 153 Å². The second-order valence-electron chi connectivity index (χ2n) is 7.19. The Bertz CT molecular complexity index is 854. The van der Waals surface area contributed by atoms with Gasteiger partial charge in [0.05, 0.1) is 5.69 Å². The fraction of sp³-hybridized carbons (Fsp3) is 0.333. The minimum Gasteiger partial charge on any atom is -0.378 e. The molecule has 0 saturated carbocycles. The van der Waals surface area contributed by atoms with Crippen molar-refractivity contribution in [2.45, 2.75) is 25.7 Å². The van der Waals surface area contributed by atoms with E-state index in [2.05, 4.69) is 5.32 Å². The maximum atomic E-state index is 12.7. The van der Waals surface area contributed by atoms with E-state index in [1.165, 1.54) is 0 Å². The van der Waals surface area contributed by atoms with Gasteiger partial charge in [-0.2, -0.15) is 0 Å². The van der Waals surface area contributed by atoms with Crippen molar-refractivity contribution < 1.29 is 9.59 Å². The van der Waals surface area contributed by atoms with Gasteiger partial charge in [-0.15, -0.1) is 0 Å². The van der Waals surface area contributed by atoms with Crippen LogP contribution in [-0.4, -0.2) is 32.5 Å². The van der Waals surface area contributed by atoms with Gasteiger partial charge in [-0.3, -0.25) is 9.59 Å². The SMILES string of the molecule is CN(C)c1ccc(NC(=O)c2cc3c4c(c2)CCC(=O)N4CCC3)cc1. The third-order valence-corrected chi connectivity index (χ3v) is 5.18. The highest BCUT2D eigenvalue weighted by atomic mass is 16.2. The second-order valence-corrected chi connectivity index (χ2v) is 7.19. The number of nitrogens with one attached hydrogen (secondary N) is 1. The Morgan fingerprint density at radius 1 is 1.04 bits per heavy atom. The van der Waals surface area contributed by atoms with E-state index in [1.807, 2.05) is 60.3 Å². The number of carbonyl (C=O) groups is 2. The fourth-order valence-electron chi connectivity index (χ4n) is 3.83. The summed E-state index contributed by atoms with van der Waals surface area (Å²) in [5.74, 6) is 0.104. The first-order chi connectivity index (χ1) is 12.5. The minimum atomic E-state index is -0.101. The fourth-order valence-corrected chi connectivity index (χ4v) is 3.83. The molecule has 0 saturated heterocycles. The van der Waals surface area contributed by atoms with Crippen LogP contribution >= 0.6 is 0 Å². The van der Waals surface area contributed by atoms with Gasteiger partial charge in [0.25, 0.3) is 5.91 Å². The summed E-state index contributed by atoms with van der Waals surface area (Å²) in [6.45, 7) is 0.794. The Balaban J connectivity index is 1.60. The highest BCUT2D eigenvalue weighted by molar-refractivity contribution is 6.06. The maximum absolute atomic E-state index is 12.7. The molecule has 0 radical (unpaired) electrons. The Morgan fingerprint density at radius 2 is 1.73 bits per heavy atom. The lowest BCUT2D eigenvalue weighted by Crippen LogP contribution is -2.39. The molecule has 2 aromatic rings. The molecule has 0 bridgehead atoms. The van der Waals surface area contributed by atoms with Crippen LogP contribution < -0.4 is 15.1 Å². The van der Waals surface area contributed by atoms with Gasteiger partial charge < -0.3 is 15.1 Å². The number of hydrogen-bond acceptors (Lipinski definition) is 3. The average molecular weight is 349 g/mol. The minimum absolute atomic E-state index is 0.101. The van der Waals surface area contributed by atoms with Crippen molar-refractivity contribution in [1.82, 2.24) is 0 Å². The number of anilines is 3. The molecule has 2 aliphatic rings. The van der Waals surface area contributed by atoms with Gasteiger partial charge in [-0.1, -0.05) is 0 Å². The lowest BCUT2D eigenvalue weighted by molar-refractivity contribution is -0.119. The molecule has 2 heterocycles. The lowest BCUT2D eigenvalue weighted by Gasteiger charge is -2.35. The quantitative estimate of drug-likeness (QED) is 0.926. The molecule has 5 nitrogen and oxygen atoms in total. The number of aryl methyl sites for hydroxylation is 2. The first-order valence-corrected chi connectivity index (χ1v) is 9.08. The average Bonchev–Trinajstić information content (AvgIpc) is 2.65. The molecule has 0 atom stereocenters. The van der Waals surface area contributed by atoms with Crippen molar-refractivity contribution in [2.75, 3.05) is 35.8 Å². The van der Waals surface area contributed by atoms with Crippen LogP contribution in [0.4, 0.5) is 17.1 Å². The maximum Gasteiger partial charge on any atom is 0.255 e. The van der Waals surface area contributed by atoms with Crippen LogP contribution in [0.25, 0.3) is 0 Å². The third kappa shape index (κ3) is 2.94. The predicted octanol–water partition coefficient (Wildman–Crippen LogP) is 3.23. The van der Waals surface area contributed by atoms with Crippen molar-refractivity contribution >= 4 is 28.9 Å². The van der Waals surface area contributed by atoms with E-state index in [9.17, 15) is 9.59 Å². The second kappa shape index (κ2) is 6.48. The van der Waals surface area contributed by atoms with Crippen molar-refractivity contribution in [1.29, 1.82) is 0 Å². The summed E-state index contributed by atoms with van der Waals surface area (Å²) in [6.07, 6.45) is 3.12. The molecule has 1 N–H and O–H groups in total. The highest BCUT2D eigenvalue weighted by Gasteiger charge is 2.30. The molecule has 26 heavy (non-hydrogen) atoms. The summed E-state index contributed by atoms with van der Waals surface area (Å²) < 4.78 is 0. The van der Waals surface area contributed by atoms with Gasteiger partial charge in [0.1, 0.15) is 0 Å². The predicted molar refractivity (Wildman–Crippen MR) is 104 cm³/mol. The molecule has 0 aromatic heterocycles. The Hall–Kier alpha value is -2.82. The molecule has 0 aliphatic carbocycles. The highest BCUT2D eigenvalue weighted by Crippen LogP contribution is 2.36. The van der Waals surface area contributed by atoms with Gasteiger partial charge in [-0.05, 0) is 66.8 Å². The Kier molecular flexibility index (Phi) is 4.15. The summed E-state index contributed by atoms with van der Waals surface area (Å²) in [6, 6.07) is 11.7. The van der Waals surface area contributed by atoms with E-state index >= 15 is 0 Å². The van der Waals surface area contributed by atoms with Crippen molar-refractivity contribution in [2.24, 2.45) is 0 Å².